The Bertz CT molecular complexity index is 377. The van der Waals surface area contributed by atoms with Gasteiger partial charge in [-0.25, -0.2) is 0 Å². The fraction of sp³-hybridized carbons (Fsp3) is 0.455. The first-order valence-electron chi connectivity index (χ1n) is 5.38. The van der Waals surface area contributed by atoms with Gasteiger partial charge in [0.15, 0.2) is 0 Å². The van der Waals surface area contributed by atoms with Crippen LogP contribution in [0.5, 0.6) is 0 Å². The maximum absolute atomic E-state index is 11.9. The lowest BCUT2D eigenvalue weighted by Gasteiger charge is -2.23. The van der Waals surface area contributed by atoms with Crippen LogP contribution in [-0.2, 0) is 0 Å². The molecule has 1 aromatic rings. The van der Waals surface area contributed by atoms with E-state index in [2.05, 4.69) is 15.6 Å². The molecule has 16 heavy (non-hydrogen) atoms. The van der Waals surface area contributed by atoms with Crippen LogP contribution in [0.4, 0.5) is 0 Å². The maximum Gasteiger partial charge on any atom is 0.253 e. The van der Waals surface area contributed by atoms with Crippen LogP contribution in [0.15, 0.2) is 18.5 Å². The number of nitrogens with one attached hydrogen (secondary N) is 2. The average molecular weight is 240 g/mol. The Labute approximate surface area is 99.4 Å². The molecular weight excluding hydrogens is 226 g/mol. The Morgan fingerprint density at radius 3 is 3.19 bits per heavy atom. The molecule has 1 saturated heterocycles. The molecule has 0 spiro atoms. The van der Waals surface area contributed by atoms with Gasteiger partial charge in [-0.1, -0.05) is 11.6 Å². The molecule has 2 N–H and O–H groups in total. The number of hydrogen-bond acceptors (Lipinski definition) is 3. The summed E-state index contributed by atoms with van der Waals surface area (Å²) in [7, 11) is 0. The van der Waals surface area contributed by atoms with Crippen LogP contribution >= 0.6 is 11.6 Å². The van der Waals surface area contributed by atoms with Crippen molar-refractivity contribution in [3.05, 3.63) is 29.0 Å². The number of rotatable bonds is 2. The van der Waals surface area contributed by atoms with Gasteiger partial charge in [-0.05, 0) is 25.5 Å². The molecule has 0 aromatic carbocycles. The van der Waals surface area contributed by atoms with Crippen LogP contribution in [0.1, 0.15) is 23.2 Å². The molecular formula is C11H14ClN3O. The summed E-state index contributed by atoms with van der Waals surface area (Å²) < 4.78 is 0. The van der Waals surface area contributed by atoms with E-state index in [1.165, 1.54) is 6.20 Å². The van der Waals surface area contributed by atoms with E-state index in [1.54, 1.807) is 12.3 Å². The SMILES string of the molecule is O=C(NC1CCCNC1)c1ccncc1Cl. The van der Waals surface area contributed by atoms with Crippen molar-refractivity contribution in [1.82, 2.24) is 15.6 Å². The molecule has 0 bridgehead atoms. The topological polar surface area (TPSA) is 54.0 Å². The number of carbonyl (C=O) groups excluding carboxylic acids is 1. The van der Waals surface area contributed by atoms with Gasteiger partial charge >= 0.3 is 0 Å². The molecule has 1 aliphatic heterocycles. The Balaban J connectivity index is 2.00. The second kappa shape index (κ2) is 5.27. The molecule has 1 aliphatic rings. The minimum atomic E-state index is -0.124. The van der Waals surface area contributed by atoms with Gasteiger partial charge in [0.1, 0.15) is 0 Å². The van der Waals surface area contributed by atoms with Gasteiger partial charge in [0.25, 0.3) is 5.91 Å². The Morgan fingerprint density at radius 1 is 1.62 bits per heavy atom. The fourth-order valence-corrected chi connectivity index (χ4v) is 2.00. The molecule has 86 valence electrons. The van der Waals surface area contributed by atoms with Crippen LogP contribution in [0.25, 0.3) is 0 Å². The predicted molar refractivity (Wildman–Crippen MR) is 62.6 cm³/mol. The lowest BCUT2D eigenvalue weighted by molar-refractivity contribution is 0.0930. The van der Waals surface area contributed by atoms with Crippen molar-refractivity contribution in [3.8, 4) is 0 Å². The Kier molecular flexibility index (Phi) is 3.74. The standard InChI is InChI=1S/C11H14ClN3O/c12-10-7-14-5-3-9(10)11(16)15-8-2-1-4-13-6-8/h3,5,7-8,13H,1-2,4,6H2,(H,15,16). The molecule has 1 amide bonds. The van der Waals surface area contributed by atoms with E-state index in [-0.39, 0.29) is 11.9 Å². The molecule has 1 unspecified atom stereocenters. The summed E-state index contributed by atoms with van der Waals surface area (Å²) in [6.07, 6.45) is 5.16. The third-order valence-corrected chi connectivity index (χ3v) is 2.95. The van der Waals surface area contributed by atoms with Crippen molar-refractivity contribution < 1.29 is 4.79 Å². The second-order valence-corrected chi connectivity index (χ2v) is 4.28. The largest absolute Gasteiger partial charge is 0.348 e. The van der Waals surface area contributed by atoms with E-state index in [0.29, 0.717) is 10.6 Å². The molecule has 1 fully saturated rings. The first-order valence-corrected chi connectivity index (χ1v) is 5.76. The van der Waals surface area contributed by atoms with Gasteiger partial charge in [-0.3, -0.25) is 9.78 Å². The summed E-state index contributed by atoms with van der Waals surface area (Å²) >= 11 is 5.90. The minimum Gasteiger partial charge on any atom is -0.348 e. The molecule has 0 aliphatic carbocycles. The average Bonchev–Trinajstić information content (AvgIpc) is 2.31. The zero-order valence-electron chi connectivity index (χ0n) is 8.87. The zero-order chi connectivity index (χ0) is 11.4. The number of piperidine rings is 1. The van der Waals surface area contributed by atoms with Crippen molar-refractivity contribution in [1.29, 1.82) is 0 Å². The molecule has 0 saturated carbocycles. The Hall–Kier alpha value is -1.13. The summed E-state index contributed by atoms with van der Waals surface area (Å²) in [5.74, 6) is -0.124. The number of pyridine rings is 1. The molecule has 1 atom stereocenters. The maximum atomic E-state index is 11.9. The smallest absolute Gasteiger partial charge is 0.253 e. The van der Waals surface area contributed by atoms with E-state index in [9.17, 15) is 4.79 Å². The highest BCUT2D eigenvalue weighted by molar-refractivity contribution is 6.33. The third-order valence-electron chi connectivity index (χ3n) is 2.65. The summed E-state index contributed by atoms with van der Waals surface area (Å²) in [4.78, 5) is 15.7. The molecule has 5 heteroatoms. The van der Waals surface area contributed by atoms with Crippen LogP contribution < -0.4 is 10.6 Å². The monoisotopic (exact) mass is 239 g/mol. The number of amides is 1. The lowest BCUT2D eigenvalue weighted by atomic mass is 10.1. The third kappa shape index (κ3) is 2.71. The van der Waals surface area contributed by atoms with E-state index in [4.69, 9.17) is 11.6 Å². The van der Waals surface area contributed by atoms with Gasteiger partial charge < -0.3 is 10.6 Å². The van der Waals surface area contributed by atoms with Gasteiger partial charge in [0, 0.05) is 25.0 Å². The van der Waals surface area contributed by atoms with Crippen LogP contribution in [0, 0.1) is 0 Å². The first kappa shape index (κ1) is 11.4. The summed E-state index contributed by atoms with van der Waals surface area (Å²) in [5.41, 5.74) is 0.488. The molecule has 2 rings (SSSR count). The summed E-state index contributed by atoms with van der Waals surface area (Å²) in [6.45, 7) is 1.86. The second-order valence-electron chi connectivity index (χ2n) is 3.87. The number of hydrogen-bond donors (Lipinski definition) is 2. The highest BCUT2D eigenvalue weighted by Crippen LogP contribution is 2.13. The van der Waals surface area contributed by atoms with Crippen LogP contribution in [0.2, 0.25) is 5.02 Å². The van der Waals surface area contributed by atoms with Crippen molar-refractivity contribution in [2.75, 3.05) is 13.1 Å². The van der Waals surface area contributed by atoms with E-state index in [1.807, 2.05) is 0 Å². The molecule has 4 nitrogen and oxygen atoms in total. The van der Waals surface area contributed by atoms with Gasteiger partial charge in [-0.15, -0.1) is 0 Å². The van der Waals surface area contributed by atoms with Gasteiger partial charge in [-0.2, -0.15) is 0 Å². The number of carbonyl (C=O) groups is 1. The van der Waals surface area contributed by atoms with Crippen molar-refractivity contribution >= 4 is 17.5 Å². The zero-order valence-corrected chi connectivity index (χ0v) is 9.63. The van der Waals surface area contributed by atoms with Crippen LogP contribution in [-0.4, -0.2) is 30.0 Å². The lowest BCUT2D eigenvalue weighted by Crippen LogP contribution is -2.45. The Morgan fingerprint density at radius 2 is 2.50 bits per heavy atom. The summed E-state index contributed by atoms with van der Waals surface area (Å²) in [6, 6.07) is 1.83. The van der Waals surface area contributed by atoms with Crippen molar-refractivity contribution in [2.45, 2.75) is 18.9 Å². The number of nitrogens with zero attached hydrogens (tertiary/aromatic N) is 1. The van der Waals surface area contributed by atoms with E-state index in [0.717, 1.165) is 25.9 Å². The van der Waals surface area contributed by atoms with E-state index >= 15 is 0 Å². The normalized spacial score (nSPS) is 20.4. The highest BCUT2D eigenvalue weighted by atomic mass is 35.5. The molecule has 2 heterocycles. The quantitative estimate of drug-likeness (QED) is 0.816. The highest BCUT2D eigenvalue weighted by Gasteiger charge is 2.17. The van der Waals surface area contributed by atoms with Gasteiger partial charge in [0.2, 0.25) is 0 Å². The van der Waals surface area contributed by atoms with Gasteiger partial charge in [0.05, 0.1) is 10.6 Å². The number of aromatic nitrogens is 1. The van der Waals surface area contributed by atoms with E-state index < -0.39 is 0 Å². The predicted octanol–water partition coefficient (Wildman–Crippen LogP) is 1.22. The number of halogens is 1. The molecule has 0 radical (unpaired) electrons. The fourth-order valence-electron chi connectivity index (χ4n) is 1.80. The van der Waals surface area contributed by atoms with Crippen LogP contribution in [0.3, 0.4) is 0 Å². The first-order chi connectivity index (χ1) is 7.77. The van der Waals surface area contributed by atoms with Crippen molar-refractivity contribution in [3.63, 3.8) is 0 Å². The van der Waals surface area contributed by atoms with Crippen molar-refractivity contribution in [2.24, 2.45) is 0 Å². The minimum absolute atomic E-state index is 0.124. The molecule has 1 aromatic heterocycles. The summed E-state index contributed by atoms with van der Waals surface area (Å²) in [5, 5.41) is 6.60.